The molecule has 1 aliphatic heterocycles. The molecular weight excluding hydrogens is 280 g/mol. The number of para-hydroxylation sites is 1. The van der Waals surface area contributed by atoms with Crippen molar-refractivity contribution in [3.63, 3.8) is 0 Å². The van der Waals surface area contributed by atoms with Gasteiger partial charge in [-0.2, -0.15) is 0 Å². The molecule has 1 N–H and O–H groups in total. The van der Waals surface area contributed by atoms with Gasteiger partial charge in [-0.25, -0.2) is 4.79 Å². The molecule has 0 aliphatic carbocycles. The largest absolute Gasteiger partial charge is 0.413 e. The van der Waals surface area contributed by atoms with Gasteiger partial charge >= 0.3 is 6.09 Å². The zero-order chi connectivity index (χ0) is 15.9. The van der Waals surface area contributed by atoms with E-state index in [0.717, 1.165) is 25.9 Å². The highest BCUT2D eigenvalue weighted by molar-refractivity contribution is 5.86. The first-order valence-corrected chi connectivity index (χ1v) is 7.90. The van der Waals surface area contributed by atoms with E-state index in [2.05, 4.69) is 5.32 Å². The number of carbonyl (C=O) groups excluding carboxylic acids is 2. The van der Waals surface area contributed by atoms with E-state index in [-0.39, 0.29) is 11.8 Å². The van der Waals surface area contributed by atoms with Crippen LogP contribution in [0.5, 0.6) is 5.75 Å². The second-order valence-electron chi connectivity index (χ2n) is 5.95. The lowest BCUT2D eigenvalue weighted by atomic mass is 10.0. The van der Waals surface area contributed by atoms with Crippen LogP contribution in [0.4, 0.5) is 4.79 Å². The first kappa shape index (κ1) is 16.3. The average Bonchev–Trinajstić information content (AvgIpc) is 2.53. The van der Waals surface area contributed by atoms with Crippen LogP contribution in [0.2, 0.25) is 0 Å². The van der Waals surface area contributed by atoms with E-state index in [1.54, 1.807) is 24.3 Å². The molecule has 0 bridgehead atoms. The lowest BCUT2D eigenvalue weighted by Gasteiger charge is -2.32. The van der Waals surface area contributed by atoms with Gasteiger partial charge < -0.3 is 15.0 Å². The summed E-state index contributed by atoms with van der Waals surface area (Å²) in [6, 6.07) is 8.30. The molecule has 1 aromatic carbocycles. The Balaban J connectivity index is 1.95. The Hall–Kier alpha value is -2.04. The van der Waals surface area contributed by atoms with Gasteiger partial charge in [0.05, 0.1) is 0 Å². The molecule has 0 saturated carbocycles. The molecule has 1 saturated heterocycles. The van der Waals surface area contributed by atoms with Crippen molar-refractivity contribution in [3.05, 3.63) is 30.3 Å². The molecule has 1 atom stereocenters. The van der Waals surface area contributed by atoms with Crippen LogP contribution in [0.25, 0.3) is 0 Å². The molecule has 1 heterocycles. The number of carbonyl (C=O) groups is 2. The van der Waals surface area contributed by atoms with Crippen molar-refractivity contribution in [1.82, 2.24) is 10.2 Å². The number of hydrogen-bond donors (Lipinski definition) is 1. The number of hydrogen-bond acceptors (Lipinski definition) is 3. The third-order valence-corrected chi connectivity index (χ3v) is 3.83. The first-order valence-electron chi connectivity index (χ1n) is 7.90. The fraction of sp³-hybridized carbons (Fsp3) is 0.529. The van der Waals surface area contributed by atoms with Gasteiger partial charge in [0, 0.05) is 13.1 Å². The van der Waals surface area contributed by atoms with Crippen LogP contribution >= 0.6 is 0 Å². The smallest absolute Gasteiger partial charge is 0.410 e. The fourth-order valence-corrected chi connectivity index (χ4v) is 2.58. The summed E-state index contributed by atoms with van der Waals surface area (Å²) in [7, 11) is 0. The normalized spacial score (nSPS) is 16.2. The van der Waals surface area contributed by atoms with E-state index in [9.17, 15) is 9.59 Å². The molecule has 5 heteroatoms. The number of ether oxygens (including phenoxy) is 1. The molecule has 2 rings (SSSR count). The summed E-state index contributed by atoms with van der Waals surface area (Å²) < 4.78 is 5.21. The van der Waals surface area contributed by atoms with Crippen LogP contribution < -0.4 is 10.1 Å². The highest BCUT2D eigenvalue weighted by Crippen LogP contribution is 2.14. The zero-order valence-electron chi connectivity index (χ0n) is 13.2. The van der Waals surface area contributed by atoms with Gasteiger partial charge in [-0.1, -0.05) is 32.0 Å². The molecule has 2 amide bonds. The van der Waals surface area contributed by atoms with Gasteiger partial charge in [0.25, 0.3) is 0 Å². The number of amides is 2. The Bertz CT molecular complexity index is 496. The molecule has 120 valence electrons. The number of piperidine rings is 1. The summed E-state index contributed by atoms with van der Waals surface area (Å²) in [6.07, 6.45) is 2.64. The van der Waals surface area contributed by atoms with Crippen molar-refractivity contribution in [2.75, 3.05) is 13.1 Å². The van der Waals surface area contributed by atoms with Crippen LogP contribution in [-0.4, -0.2) is 36.0 Å². The van der Waals surface area contributed by atoms with Gasteiger partial charge in [0.1, 0.15) is 11.8 Å². The number of nitrogens with zero attached hydrogens (tertiary/aromatic N) is 1. The predicted molar refractivity (Wildman–Crippen MR) is 84.7 cm³/mol. The van der Waals surface area contributed by atoms with Crippen LogP contribution in [0.15, 0.2) is 30.3 Å². The molecule has 1 fully saturated rings. The number of rotatable bonds is 4. The van der Waals surface area contributed by atoms with Gasteiger partial charge in [0.15, 0.2) is 0 Å². The Morgan fingerprint density at radius 3 is 2.32 bits per heavy atom. The molecule has 5 nitrogen and oxygen atoms in total. The maximum atomic E-state index is 12.6. The second-order valence-corrected chi connectivity index (χ2v) is 5.95. The number of benzene rings is 1. The SMILES string of the molecule is CC(C)[C@H](NC(=O)Oc1ccccc1)C(=O)N1CCCCC1. The van der Waals surface area contributed by atoms with Crippen molar-refractivity contribution < 1.29 is 14.3 Å². The summed E-state index contributed by atoms with van der Waals surface area (Å²) in [6.45, 7) is 5.40. The third-order valence-electron chi connectivity index (χ3n) is 3.83. The average molecular weight is 304 g/mol. The van der Waals surface area contributed by atoms with E-state index < -0.39 is 12.1 Å². The highest BCUT2D eigenvalue weighted by atomic mass is 16.6. The summed E-state index contributed by atoms with van der Waals surface area (Å²) in [5, 5.41) is 2.71. The number of likely N-dealkylation sites (tertiary alicyclic amines) is 1. The highest BCUT2D eigenvalue weighted by Gasteiger charge is 2.29. The number of nitrogens with one attached hydrogen (secondary N) is 1. The van der Waals surface area contributed by atoms with E-state index in [1.807, 2.05) is 24.8 Å². The topological polar surface area (TPSA) is 58.6 Å². The Morgan fingerprint density at radius 1 is 1.09 bits per heavy atom. The summed E-state index contributed by atoms with van der Waals surface area (Å²) in [4.78, 5) is 26.4. The van der Waals surface area contributed by atoms with E-state index >= 15 is 0 Å². The minimum Gasteiger partial charge on any atom is -0.410 e. The molecule has 1 aromatic rings. The van der Waals surface area contributed by atoms with Gasteiger partial charge in [-0.05, 0) is 37.3 Å². The molecule has 0 radical (unpaired) electrons. The van der Waals surface area contributed by atoms with Crippen LogP contribution in [0, 0.1) is 5.92 Å². The van der Waals surface area contributed by atoms with E-state index in [1.165, 1.54) is 6.42 Å². The van der Waals surface area contributed by atoms with Crippen molar-refractivity contribution >= 4 is 12.0 Å². The van der Waals surface area contributed by atoms with Crippen molar-refractivity contribution in [3.8, 4) is 5.75 Å². The Kier molecular flexibility index (Phi) is 5.81. The lowest BCUT2D eigenvalue weighted by molar-refractivity contribution is -0.135. The summed E-state index contributed by atoms with van der Waals surface area (Å²) in [5.74, 6) is 0.463. The molecule has 0 unspecified atom stereocenters. The standard InChI is InChI=1S/C17H24N2O3/c1-13(2)15(16(20)19-11-7-4-8-12-19)18-17(21)22-14-9-5-3-6-10-14/h3,5-6,9-10,13,15H,4,7-8,11-12H2,1-2H3,(H,18,21)/t15-/m0/s1. The quantitative estimate of drug-likeness (QED) is 0.930. The minimum absolute atomic E-state index is 0.0118. The van der Waals surface area contributed by atoms with Crippen molar-refractivity contribution in [2.24, 2.45) is 5.92 Å². The molecular formula is C17H24N2O3. The monoisotopic (exact) mass is 304 g/mol. The van der Waals surface area contributed by atoms with E-state index in [4.69, 9.17) is 4.74 Å². The van der Waals surface area contributed by atoms with Crippen LogP contribution in [0.1, 0.15) is 33.1 Å². The van der Waals surface area contributed by atoms with Crippen LogP contribution in [0.3, 0.4) is 0 Å². The van der Waals surface area contributed by atoms with E-state index in [0.29, 0.717) is 5.75 Å². The van der Waals surface area contributed by atoms with Gasteiger partial charge in [-0.3, -0.25) is 4.79 Å². The van der Waals surface area contributed by atoms with Crippen molar-refractivity contribution in [1.29, 1.82) is 0 Å². The fourth-order valence-electron chi connectivity index (χ4n) is 2.58. The molecule has 22 heavy (non-hydrogen) atoms. The molecule has 0 aromatic heterocycles. The second kappa shape index (κ2) is 7.82. The van der Waals surface area contributed by atoms with Crippen LogP contribution in [-0.2, 0) is 4.79 Å². The summed E-state index contributed by atoms with van der Waals surface area (Å²) >= 11 is 0. The Labute approximate surface area is 131 Å². The molecule has 1 aliphatic rings. The summed E-state index contributed by atoms with van der Waals surface area (Å²) in [5.41, 5.74) is 0. The van der Waals surface area contributed by atoms with Crippen molar-refractivity contribution in [2.45, 2.75) is 39.2 Å². The predicted octanol–water partition coefficient (Wildman–Crippen LogP) is 2.81. The maximum Gasteiger partial charge on any atom is 0.413 e. The van der Waals surface area contributed by atoms with Gasteiger partial charge in [-0.15, -0.1) is 0 Å². The molecule has 0 spiro atoms. The third kappa shape index (κ3) is 4.48. The minimum atomic E-state index is -0.588. The van der Waals surface area contributed by atoms with Gasteiger partial charge in [0.2, 0.25) is 5.91 Å². The first-order chi connectivity index (χ1) is 10.6. The Morgan fingerprint density at radius 2 is 1.73 bits per heavy atom. The lowest BCUT2D eigenvalue weighted by Crippen LogP contribution is -2.52. The zero-order valence-corrected chi connectivity index (χ0v) is 13.2. The maximum absolute atomic E-state index is 12.6.